The van der Waals surface area contributed by atoms with Gasteiger partial charge in [-0.1, -0.05) is 24.3 Å². The van der Waals surface area contributed by atoms with Gasteiger partial charge in [-0.15, -0.1) is 5.10 Å². The second kappa shape index (κ2) is 10.1. The minimum atomic E-state index is -4.57. The smallest absolute Gasteiger partial charge is 0.436 e. The summed E-state index contributed by atoms with van der Waals surface area (Å²) < 4.78 is 54.1. The lowest BCUT2D eigenvalue weighted by atomic mass is 10.1. The molecule has 0 spiro atoms. The molecule has 0 amide bonds. The third-order valence-electron chi connectivity index (χ3n) is 7.14. The summed E-state index contributed by atoms with van der Waals surface area (Å²) in [5.74, 6) is 1.69. The van der Waals surface area contributed by atoms with E-state index in [1.54, 1.807) is 30.1 Å². The van der Waals surface area contributed by atoms with Crippen molar-refractivity contribution in [3.8, 4) is 34.5 Å². The molecule has 212 valence electrons. The van der Waals surface area contributed by atoms with E-state index in [1.165, 1.54) is 25.1 Å². The SMILES string of the molecule is COc1ncnc(C2CC2)c1-c1ncc2c(OC)nn([C@@H](C)c3ccc(-c4nc(C(F)(F)F)c(Br)n4C)cc3)c2n1. The summed E-state index contributed by atoms with van der Waals surface area (Å²) >= 11 is 3.01. The Bertz CT molecular complexity index is 1760. The number of benzene rings is 1. The van der Waals surface area contributed by atoms with Crippen LogP contribution in [0.25, 0.3) is 33.8 Å². The van der Waals surface area contributed by atoms with E-state index >= 15 is 0 Å². The number of hydrogen-bond donors (Lipinski definition) is 0. The first kappa shape index (κ1) is 27.1. The largest absolute Gasteiger partial charge is 0.480 e. The van der Waals surface area contributed by atoms with Crippen LogP contribution in [0.3, 0.4) is 0 Å². The summed E-state index contributed by atoms with van der Waals surface area (Å²) in [6.45, 7) is 1.95. The lowest BCUT2D eigenvalue weighted by Crippen LogP contribution is -2.10. The summed E-state index contributed by atoms with van der Waals surface area (Å²) in [5.41, 5.74) is 2.47. The molecule has 0 bridgehead atoms. The minimum Gasteiger partial charge on any atom is -0.480 e. The van der Waals surface area contributed by atoms with E-state index in [2.05, 4.69) is 41.0 Å². The first-order valence-corrected chi connectivity index (χ1v) is 13.5. The number of fused-ring (bicyclic) bond motifs is 1. The maximum atomic E-state index is 13.4. The molecule has 0 unspecified atom stereocenters. The zero-order valence-electron chi connectivity index (χ0n) is 22.4. The van der Waals surface area contributed by atoms with Crippen LogP contribution >= 0.6 is 15.9 Å². The first-order valence-electron chi connectivity index (χ1n) is 12.7. The predicted octanol–water partition coefficient (Wildman–Crippen LogP) is 5.97. The van der Waals surface area contributed by atoms with Crippen LogP contribution in [-0.4, -0.2) is 53.5 Å². The molecule has 6 rings (SSSR count). The van der Waals surface area contributed by atoms with Gasteiger partial charge in [-0.05, 0) is 41.3 Å². The van der Waals surface area contributed by atoms with Crippen LogP contribution in [0.5, 0.6) is 11.8 Å². The summed E-state index contributed by atoms with van der Waals surface area (Å²) in [6, 6.07) is 6.82. The summed E-state index contributed by atoms with van der Waals surface area (Å²) in [4.78, 5) is 22.1. The minimum absolute atomic E-state index is 0.131. The van der Waals surface area contributed by atoms with Crippen LogP contribution < -0.4 is 9.47 Å². The van der Waals surface area contributed by atoms with Gasteiger partial charge in [-0.25, -0.2) is 29.6 Å². The number of methoxy groups -OCH3 is 2. The highest BCUT2D eigenvalue weighted by atomic mass is 79.9. The highest BCUT2D eigenvalue weighted by Gasteiger charge is 2.38. The van der Waals surface area contributed by atoms with Crippen LogP contribution in [0.2, 0.25) is 0 Å². The van der Waals surface area contributed by atoms with Gasteiger partial charge in [0.05, 0.1) is 26.0 Å². The van der Waals surface area contributed by atoms with Crippen molar-refractivity contribution in [3.63, 3.8) is 0 Å². The van der Waals surface area contributed by atoms with Gasteiger partial charge in [0.1, 0.15) is 27.7 Å². The van der Waals surface area contributed by atoms with E-state index in [1.807, 2.05) is 19.1 Å². The van der Waals surface area contributed by atoms with Gasteiger partial charge >= 0.3 is 6.18 Å². The highest BCUT2D eigenvalue weighted by Crippen LogP contribution is 2.45. The number of alkyl halides is 3. The van der Waals surface area contributed by atoms with Crippen LogP contribution in [0.15, 0.2) is 41.4 Å². The zero-order chi connectivity index (χ0) is 29.1. The maximum absolute atomic E-state index is 13.4. The molecule has 0 saturated heterocycles. The molecule has 4 heterocycles. The second-order valence-electron chi connectivity index (χ2n) is 9.73. The third-order valence-corrected chi connectivity index (χ3v) is 8.05. The molecule has 1 aromatic carbocycles. The van der Waals surface area contributed by atoms with Gasteiger partial charge in [0.2, 0.25) is 11.8 Å². The van der Waals surface area contributed by atoms with Crippen molar-refractivity contribution in [1.29, 1.82) is 0 Å². The molecule has 41 heavy (non-hydrogen) atoms. The average molecular weight is 629 g/mol. The molecular formula is C27H24BrF3N8O2. The van der Waals surface area contributed by atoms with Gasteiger partial charge in [-0.3, -0.25) is 0 Å². The molecule has 5 aromatic rings. The Hall–Kier alpha value is -4.07. The fourth-order valence-corrected chi connectivity index (χ4v) is 5.30. The van der Waals surface area contributed by atoms with Gasteiger partial charge < -0.3 is 14.0 Å². The second-order valence-corrected chi connectivity index (χ2v) is 10.5. The van der Waals surface area contributed by atoms with Gasteiger partial charge in [0.15, 0.2) is 17.2 Å². The summed E-state index contributed by atoms with van der Waals surface area (Å²) in [6.07, 6.45) is 0.638. The lowest BCUT2D eigenvalue weighted by Gasteiger charge is -2.15. The van der Waals surface area contributed by atoms with E-state index in [9.17, 15) is 13.2 Å². The number of nitrogens with zero attached hydrogens (tertiary/aromatic N) is 8. The standard InChI is InChI=1S/C27H24BrF3N8O2/c1-13(14-5-9-16(10-6-14)23-35-20(27(29,30)31)21(28)38(23)2)39-24-17(25(37-39)40-3)11-32-22(36-24)18-19(15-7-8-15)33-12-34-26(18)41-4/h5-6,9-13,15H,7-8H2,1-4H3/t13-/m0/s1. The van der Waals surface area contributed by atoms with Crippen LogP contribution in [-0.2, 0) is 13.2 Å². The molecule has 1 aliphatic carbocycles. The van der Waals surface area contributed by atoms with Gasteiger partial charge in [0.25, 0.3) is 0 Å². The van der Waals surface area contributed by atoms with Crippen molar-refractivity contribution in [1.82, 2.24) is 39.3 Å². The normalized spacial score (nSPS) is 14.4. The third kappa shape index (κ3) is 4.69. The van der Waals surface area contributed by atoms with Crippen LogP contribution in [0.1, 0.15) is 48.7 Å². The molecule has 1 fully saturated rings. The Kier molecular flexibility index (Phi) is 6.67. The summed E-state index contributed by atoms with van der Waals surface area (Å²) in [5, 5.41) is 5.28. The number of hydrogen-bond acceptors (Lipinski definition) is 8. The Balaban J connectivity index is 1.40. The first-order chi connectivity index (χ1) is 19.6. The van der Waals surface area contributed by atoms with Crippen molar-refractivity contribution >= 4 is 27.0 Å². The van der Waals surface area contributed by atoms with Crippen molar-refractivity contribution in [2.45, 2.75) is 37.9 Å². The van der Waals surface area contributed by atoms with E-state index < -0.39 is 11.9 Å². The van der Waals surface area contributed by atoms with Crippen molar-refractivity contribution in [2.24, 2.45) is 7.05 Å². The number of aromatic nitrogens is 8. The molecule has 1 atom stereocenters. The quantitative estimate of drug-likeness (QED) is 0.217. The average Bonchev–Trinajstić information content (AvgIpc) is 3.69. The number of halogens is 4. The number of imidazole rings is 1. The topological polar surface area (TPSA) is 106 Å². The molecule has 0 N–H and O–H groups in total. The van der Waals surface area contributed by atoms with Crippen LogP contribution in [0, 0.1) is 0 Å². The van der Waals surface area contributed by atoms with Crippen molar-refractivity contribution in [2.75, 3.05) is 14.2 Å². The Labute approximate surface area is 240 Å². The van der Waals surface area contributed by atoms with Crippen LogP contribution in [0.4, 0.5) is 13.2 Å². The molecule has 0 radical (unpaired) electrons. The fourth-order valence-electron chi connectivity index (χ4n) is 4.82. The molecule has 0 aliphatic heterocycles. The van der Waals surface area contributed by atoms with Crippen molar-refractivity contribution < 1.29 is 22.6 Å². The molecule has 1 saturated carbocycles. The van der Waals surface area contributed by atoms with Gasteiger partial charge in [0, 0.05) is 24.7 Å². The molecular weight excluding hydrogens is 605 g/mol. The Morgan fingerprint density at radius 2 is 1.71 bits per heavy atom. The fraction of sp³-hybridized carbons (Fsp3) is 0.333. The maximum Gasteiger partial charge on any atom is 0.436 e. The van der Waals surface area contributed by atoms with E-state index in [-0.39, 0.29) is 16.5 Å². The van der Waals surface area contributed by atoms with E-state index in [0.29, 0.717) is 45.7 Å². The number of rotatable bonds is 7. The molecule has 1 aliphatic rings. The summed E-state index contributed by atoms with van der Waals surface area (Å²) in [7, 11) is 4.60. The lowest BCUT2D eigenvalue weighted by molar-refractivity contribution is -0.141. The van der Waals surface area contributed by atoms with E-state index in [0.717, 1.165) is 24.1 Å². The zero-order valence-corrected chi connectivity index (χ0v) is 24.0. The van der Waals surface area contributed by atoms with E-state index in [4.69, 9.17) is 14.5 Å². The molecule has 10 nitrogen and oxygen atoms in total. The highest BCUT2D eigenvalue weighted by molar-refractivity contribution is 9.10. The Morgan fingerprint density at radius 3 is 2.32 bits per heavy atom. The van der Waals surface area contributed by atoms with Crippen molar-refractivity contribution in [3.05, 3.63) is 58.3 Å². The molecule has 14 heteroatoms. The predicted molar refractivity (Wildman–Crippen MR) is 147 cm³/mol. The van der Waals surface area contributed by atoms with Gasteiger partial charge in [-0.2, -0.15) is 13.2 Å². The monoisotopic (exact) mass is 628 g/mol. The Morgan fingerprint density at radius 1 is 1.00 bits per heavy atom. The number of ether oxygens (including phenoxy) is 2. The molecule has 4 aromatic heterocycles.